The summed E-state index contributed by atoms with van der Waals surface area (Å²) in [5, 5.41) is 3.43. The van der Waals surface area contributed by atoms with Crippen molar-refractivity contribution in [1.82, 2.24) is 14.8 Å². The molecule has 1 aromatic carbocycles. The van der Waals surface area contributed by atoms with Crippen molar-refractivity contribution in [3.8, 4) is 0 Å². The topological polar surface area (TPSA) is 28.6 Å². The van der Waals surface area contributed by atoms with E-state index < -0.39 is 0 Å². The minimum Gasteiger partial charge on any atom is -0.379 e. The Morgan fingerprint density at radius 3 is 2.79 bits per heavy atom. The third-order valence-electron chi connectivity index (χ3n) is 5.50. The van der Waals surface area contributed by atoms with E-state index in [-0.39, 0.29) is 0 Å². The quantitative estimate of drug-likeness (QED) is 0.568. The number of pyridine rings is 1. The molecule has 0 saturated carbocycles. The lowest BCUT2D eigenvalue weighted by Gasteiger charge is -2.28. The minimum absolute atomic E-state index is 0.875. The van der Waals surface area contributed by atoms with Crippen LogP contribution in [0.25, 0.3) is 10.9 Å². The largest absolute Gasteiger partial charge is 0.379 e. The lowest BCUT2D eigenvalue weighted by Crippen LogP contribution is -2.38. The van der Waals surface area contributed by atoms with E-state index in [0.29, 0.717) is 0 Å². The number of nitrogens with zero attached hydrogens (tertiary/aromatic N) is 3. The van der Waals surface area contributed by atoms with Gasteiger partial charge in [0.15, 0.2) is 0 Å². The monoisotopic (exact) mass is 395 g/mol. The molecule has 5 heteroatoms. The summed E-state index contributed by atoms with van der Waals surface area (Å²) in [6.07, 6.45) is 3.08. The third kappa shape index (κ3) is 4.97. The first-order chi connectivity index (χ1) is 13.8. The Morgan fingerprint density at radius 2 is 1.96 bits per heavy atom. The normalized spacial score (nSPS) is 15.5. The maximum Gasteiger partial charge on any atom is 0.0746 e. The molecule has 0 atom stereocenters. The predicted octanol–water partition coefficient (Wildman–Crippen LogP) is 4.33. The molecule has 4 rings (SSSR count). The summed E-state index contributed by atoms with van der Waals surface area (Å²) in [4.78, 5) is 11.2. The number of aromatic nitrogens is 1. The summed E-state index contributed by atoms with van der Waals surface area (Å²) in [5.74, 6) is 0. The van der Waals surface area contributed by atoms with Crippen LogP contribution in [0.3, 0.4) is 0 Å². The standard InChI is InChI=1S/C23H29N3OS/c1-19-8-16-28-22(19)18-26(11-4-10-25-12-14-27-15-13-25)17-21-6-2-5-20-7-3-9-24-23(20)21/h2-3,5-9,16H,4,10-15,17-18H2,1H3. The van der Waals surface area contributed by atoms with Crippen LogP contribution in [0.1, 0.15) is 22.4 Å². The number of hydrogen-bond acceptors (Lipinski definition) is 5. The van der Waals surface area contributed by atoms with E-state index in [4.69, 9.17) is 4.74 Å². The summed E-state index contributed by atoms with van der Waals surface area (Å²) in [5.41, 5.74) is 3.85. The molecule has 3 heterocycles. The Labute approximate surface area is 171 Å². The number of fused-ring (bicyclic) bond motifs is 1. The van der Waals surface area contributed by atoms with Crippen LogP contribution in [0.4, 0.5) is 0 Å². The fourth-order valence-corrected chi connectivity index (χ4v) is 4.81. The Balaban J connectivity index is 1.46. The van der Waals surface area contributed by atoms with E-state index >= 15 is 0 Å². The number of ether oxygens (including phenoxy) is 1. The van der Waals surface area contributed by atoms with E-state index in [9.17, 15) is 0 Å². The number of thiophene rings is 1. The van der Waals surface area contributed by atoms with Crippen molar-refractivity contribution in [2.75, 3.05) is 39.4 Å². The fourth-order valence-electron chi connectivity index (χ4n) is 3.86. The molecule has 0 spiro atoms. The molecule has 0 radical (unpaired) electrons. The molecular formula is C23H29N3OS. The molecule has 1 aliphatic heterocycles. The van der Waals surface area contributed by atoms with Gasteiger partial charge in [-0.15, -0.1) is 11.3 Å². The second-order valence-electron chi connectivity index (χ2n) is 7.54. The lowest BCUT2D eigenvalue weighted by atomic mass is 10.1. The average molecular weight is 396 g/mol. The smallest absolute Gasteiger partial charge is 0.0746 e. The molecular weight excluding hydrogens is 366 g/mol. The second kappa shape index (κ2) is 9.61. The third-order valence-corrected chi connectivity index (χ3v) is 6.51. The van der Waals surface area contributed by atoms with Gasteiger partial charge in [-0.2, -0.15) is 0 Å². The predicted molar refractivity (Wildman–Crippen MR) is 117 cm³/mol. The highest BCUT2D eigenvalue weighted by atomic mass is 32.1. The summed E-state index contributed by atoms with van der Waals surface area (Å²) < 4.78 is 5.47. The first-order valence-corrected chi connectivity index (χ1v) is 11.1. The van der Waals surface area contributed by atoms with Gasteiger partial charge < -0.3 is 4.74 Å². The minimum atomic E-state index is 0.875. The first kappa shape index (κ1) is 19.5. The number of para-hydroxylation sites is 1. The molecule has 3 aromatic rings. The second-order valence-corrected chi connectivity index (χ2v) is 8.54. The van der Waals surface area contributed by atoms with E-state index in [1.807, 2.05) is 23.6 Å². The van der Waals surface area contributed by atoms with Gasteiger partial charge in [0.1, 0.15) is 0 Å². The van der Waals surface area contributed by atoms with Crippen LogP contribution in [0.5, 0.6) is 0 Å². The average Bonchev–Trinajstić information content (AvgIpc) is 3.13. The molecule has 148 valence electrons. The summed E-state index contributed by atoms with van der Waals surface area (Å²) in [7, 11) is 0. The van der Waals surface area contributed by atoms with E-state index in [1.165, 1.54) is 27.8 Å². The fraction of sp³-hybridized carbons (Fsp3) is 0.435. The molecule has 1 saturated heterocycles. The molecule has 0 aliphatic carbocycles. The highest BCUT2D eigenvalue weighted by molar-refractivity contribution is 7.10. The summed E-state index contributed by atoms with van der Waals surface area (Å²) in [6.45, 7) is 10.3. The van der Waals surface area contributed by atoms with E-state index in [1.54, 1.807) is 0 Å². The zero-order valence-electron chi connectivity index (χ0n) is 16.6. The van der Waals surface area contributed by atoms with Gasteiger partial charge in [-0.1, -0.05) is 24.3 Å². The Hall–Kier alpha value is -1.79. The van der Waals surface area contributed by atoms with Crippen molar-refractivity contribution in [3.63, 3.8) is 0 Å². The summed E-state index contributed by atoms with van der Waals surface area (Å²) in [6, 6.07) is 12.9. The van der Waals surface area contributed by atoms with Crippen LogP contribution in [0, 0.1) is 6.92 Å². The van der Waals surface area contributed by atoms with Gasteiger partial charge in [-0.25, -0.2) is 0 Å². The van der Waals surface area contributed by atoms with Crippen LogP contribution < -0.4 is 0 Å². The Morgan fingerprint density at radius 1 is 1.11 bits per heavy atom. The highest BCUT2D eigenvalue weighted by Gasteiger charge is 2.14. The van der Waals surface area contributed by atoms with E-state index in [0.717, 1.165) is 58.0 Å². The number of rotatable bonds is 8. The van der Waals surface area contributed by atoms with Gasteiger partial charge in [-0.3, -0.25) is 14.8 Å². The number of benzene rings is 1. The number of hydrogen-bond donors (Lipinski definition) is 0. The lowest BCUT2D eigenvalue weighted by molar-refractivity contribution is 0.0359. The summed E-state index contributed by atoms with van der Waals surface area (Å²) >= 11 is 1.87. The SMILES string of the molecule is Cc1ccsc1CN(CCCN1CCOCC1)Cc1cccc2cccnc12. The van der Waals surface area contributed by atoms with Crippen molar-refractivity contribution >= 4 is 22.2 Å². The Bertz CT molecular complexity index is 883. The van der Waals surface area contributed by atoms with Gasteiger partial charge in [0.25, 0.3) is 0 Å². The maximum atomic E-state index is 5.47. The first-order valence-electron chi connectivity index (χ1n) is 10.2. The maximum absolute atomic E-state index is 5.47. The molecule has 1 aliphatic rings. The van der Waals surface area contributed by atoms with Gasteiger partial charge in [0.2, 0.25) is 0 Å². The van der Waals surface area contributed by atoms with Crippen molar-refractivity contribution in [2.24, 2.45) is 0 Å². The number of aryl methyl sites for hydroxylation is 1. The van der Waals surface area contributed by atoms with Crippen molar-refractivity contribution in [3.05, 3.63) is 64.0 Å². The highest BCUT2D eigenvalue weighted by Crippen LogP contribution is 2.22. The van der Waals surface area contributed by atoms with Crippen LogP contribution in [-0.2, 0) is 17.8 Å². The van der Waals surface area contributed by atoms with Gasteiger partial charge in [0, 0.05) is 49.2 Å². The molecule has 0 bridgehead atoms. The molecule has 0 N–H and O–H groups in total. The van der Waals surface area contributed by atoms with Crippen LogP contribution in [0.2, 0.25) is 0 Å². The van der Waals surface area contributed by atoms with Crippen molar-refractivity contribution in [1.29, 1.82) is 0 Å². The van der Waals surface area contributed by atoms with Crippen molar-refractivity contribution < 1.29 is 4.74 Å². The zero-order chi connectivity index (χ0) is 19.2. The zero-order valence-corrected chi connectivity index (χ0v) is 17.5. The van der Waals surface area contributed by atoms with Gasteiger partial charge in [-0.05, 0) is 48.5 Å². The van der Waals surface area contributed by atoms with Gasteiger partial charge in [0.05, 0.1) is 18.7 Å². The van der Waals surface area contributed by atoms with Crippen molar-refractivity contribution in [2.45, 2.75) is 26.4 Å². The van der Waals surface area contributed by atoms with E-state index in [2.05, 4.69) is 57.4 Å². The molecule has 2 aromatic heterocycles. The molecule has 1 fully saturated rings. The van der Waals surface area contributed by atoms with Gasteiger partial charge >= 0.3 is 0 Å². The van der Waals surface area contributed by atoms with Crippen LogP contribution in [-0.4, -0.2) is 54.2 Å². The number of morpholine rings is 1. The molecule has 4 nitrogen and oxygen atoms in total. The molecule has 28 heavy (non-hydrogen) atoms. The molecule has 0 unspecified atom stereocenters. The Kier molecular flexibility index (Phi) is 6.70. The molecule has 0 amide bonds. The van der Waals surface area contributed by atoms with Crippen LogP contribution >= 0.6 is 11.3 Å². The van der Waals surface area contributed by atoms with Crippen LogP contribution in [0.15, 0.2) is 48.0 Å².